The molecule has 2 atom stereocenters. The minimum atomic E-state index is -0.617. The van der Waals surface area contributed by atoms with Crippen LogP contribution in [0, 0.1) is 5.41 Å². The highest BCUT2D eigenvalue weighted by Gasteiger charge is 2.43. The third kappa shape index (κ3) is 2.71. The molecule has 2 heterocycles. The maximum atomic E-state index is 11.8. The van der Waals surface area contributed by atoms with Gasteiger partial charge in [-0.1, -0.05) is 25.1 Å². The molecule has 1 aromatic carbocycles. The van der Waals surface area contributed by atoms with E-state index in [1.165, 1.54) is 10.5 Å². The number of carbonyl (C=O) groups is 1. The Bertz CT molecular complexity index is 533. The van der Waals surface area contributed by atoms with Crippen LogP contribution in [0.2, 0.25) is 0 Å². The Labute approximate surface area is 130 Å². The number of likely N-dealkylation sites (tertiary alicyclic amines) is 1. The average molecular weight is 305 g/mol. The van der Waals surface area contributed by atoms with Crippen LogP contribution in [-0.4, -0.2) is 34.8 Å². The first-order valence-corrected chi connectivity index (χ1v) is 8.84. The van der Waals surface area contributed by atoms with Crippen molar-refractivity contribution in [3.05, 3.63) is 29.8 Å². The highest BCUT2D eigenvalue weighted by molar-refractivity contribution is 7.99. The van der Waals surface area contributed by atoms with E-state index in [-0.39, 0.29) is 0 Å². The molecule has 2 unspecified atom stereocenters. The fraction of sp³-hybridized carbons (Fsp3) is 0.588. The zero-order valence-corrected chi connectivity index (χ0v) is 13.4. The summed E-state index contributed by atoms with van der Waals surface area (Å²) in [7, 11) is 0. The predicted octanol–water partition coefficient (Wildman–Crippen LogP) is 3.80. The normalized spacial score (nSPS) is 29.9. The summed E-state index contributed by atoms with van der Waals surface area (Å²) < 4.78 is 0. The number of benzene rings is 1. The van der Waals surface area contributed by atoms with Crippen LogP contribution >= 0.6 is 11.8 Å². The molecule has 2 aliphatic heterocycles. The Morgan fingerprint density at radius 3 is 3.05 bits per heavy atom. The Balaban J connectivity index is 1.86. The topological polar surface area (TPSA) is 40.5 Å². The smallest absolute Gasteiger partial charge is 0.310 e. The van der Waals surface area contributed by atoms with E-state index in [2.05, 4.69) is 29.2 Å². The van der Waals surface area contributed by atoms with Crippen LogP contribution in [0.5, 0.6) is 0 Å². The lowest BCUT2D eigenvalue weighted by molar-refractivity contribution is -0.153. The third-order valence-corrected chi connectivity index (χ3v) is 6.23. The van der Waals surface area contributed by atoms with Gasteiger partial charge in [0.25, 0.3) is 0 Å². The molecule has 114 valence electrons. The average Bonchev–Trinajstić information content (AvgIpc) is 2.54. The molecule has 0 saturated carbocycles. The van der Waals surface area contributed by atoms with Gasteiger partial charge in [-0.3, -0.25) is 9.69 Å². The molecule has 0 aliphatic carbocycles. The summed E-state index contributed by atoms with van der Waals surface area (Å²) in [5.74, 6) is 0.512. The fourth-order valence-corrected chi connectivity index (χ4v) is 4.86. The van der Waals surface area contributed by atoms with Crippen molar-refractivity contribution in [2.24, 2.45) is 5.41 Å². The standard InChI is InChI=1S/C17H23NO2S/c1-2-17(16(19)20)9-5-10-18(12-17)14-8-11-21-15-7-4-3-6-13(14)15/h3-4,6-7,14H,2,5,8-12H2,1H3,(H,19,20). The molecule has 0 radical (unpaired) electrons. The van der Waals surface area contributed by atoms with Gasteiger partial charge in [-0.05, 0) is 49.6 Å². The molecule has 2 aliphatic rings. The Kier molecular flexibility index (Phi) is 4.27. The number of aliphatic carboxylic acids is 1. The van der Waals surface area contributed by atoms with Gasteiger partial charge in [0.05, 0.1) is 5.41 Å². The molecule has 0 aromatic heterocycles. The van der Waals surface area contributed by atoms with Crippen LogP contribution in [-0.2, 0) is 4.79 Å². The second-order valence-corrected chi connectivity index (χ2v) is 7.34. The maximum absolute atomic E-state index is 11.8. The highest BCUT2D eigenvalue weighted by atomic mass is 32.2. The van der Waals surface area contributed by atoms with Gasteiger partial charge in [0.2, 0.25) is 0 Å². The third-order valence-electron chi connectivity index (χ3n) is 5.10. The molecular formula is C17H23NO2S. The van der Waals surface area contributed by atoms with Crippen LogP contribution in [0.25, 0.3) is 0 Å². The Morgan fingerprint density at radius 2 is 2.29 bits per heavy atom. The van der Waals surface area contributed by atoms with Crippen LogP contribution in [0.1, 0.15) is 44.2 Å². The van der Waals surface area contributed by atoms with Gasteiger partial charge in [-0.15, -0.1) is 11.8 Å². The molecule has 0 bridgehead atoms. The lowest BCUT2D eigenvalue weighted by atomic mass is 9.77. The van der Waals surface area contributed by atoms with E-state index in [0.29, 0.717) is 12.6 Å². The molecular weight excluding hydrogens is 282 g/mol. The molecule has 1 saturated heterocycles. The minimum absolute atomic E-state index is 0.396. The Hall–Kier alpha value is -1.00. The van der Waals surface area contributed by atoms with Crippen molar-refractivity contribution in [3.8, 4) is 0 Å². The SMILES string of the molecule is CCC1(C(=O)O)CCCN(C2CCSc3ccccc32)C1. The summed E-state index contributed by atoms with van der Waals surface area (Å²) in [4.78, 5) is 15.6. The quantitative estimate of drug-likeness (QED) is 0.922. The van der Waals surface area contributed by atoms with E-state index in [1.807, 2.05) is 18.7 Å². The van der Waals surface area contributed by atoms with E-state index in [0.717, 1.165) is 38.0 Å². The summed E-state index contributed by atoms with van der Waals surface area (Å²) >= 11 is 1.93. The monoisotopic (exact) mass is 305 g/mol. The van der Waals surface area contributed by atoms with Gasteiger partial charge in [-0.25, -0.2) is 0 Å². The molecule has 0 spiro atoms. The lowest BCUT2D eigenvalue weighted by Gasteiger charge is -2.44. The van der Waals surface area contributed by atoms with Gasteiger partial charge < -0.3 is 5.11 Å². The minimum Gasteiger partial charge on any atom is -0.481 e. The molecule has 1 aromatic rings. The second-order valence-electron chi connectivity index (χ2n) is 6.20. The summed E-state index contributed by atoms with van der Waals surface area (Å²) in [6.07, 6.45) is 3.66. The zero-order valence-electron chi connectivity index (χ0n) is 12.5. The number of thioether (sulfide) groups is 1. The summed E-state index contributed by atoms with van der Waals surface area (Å²) in [5, 5.41) is 9.67. The number of carboxylic acid groups (broad SMARTS) is 1. The largest absolute Gasteiger partial charge is 0.481 e. The van der Waals surface area contributed by atoms with Crippen LogP contribution in [0.15, 0.2) is 29.2 Å². The second kappa shape index (κ2) is 6.01. The first-order chi connectivity index (χ1) is 10.2. The van der Waals surface area contributed by atoms with Crippen molar-refractivity contribution in [1.82, 2.24) is 4.90 Å². The molecule has 4 heteroatoms. The van der Waals surface area contributed by atoms with Gasteiger partial charge in [0, 0.05) is 17.5 Å². The zero-order chi connectivity index (χ0) is 14.9. The number of hydrogen-bond acceptors (Lipinski definition) is 3. The predicted molar refractivity (Wildman–Crippen MR) is 85.7 cm³/mol. The highest BCUT2D eigenvalue weighted by Crippen LogP contribution is 2.43. The molecule has 3 rings (SSSR count). The number of nitrogens with zero attached hydrogens (tertiary/aromatic N) is 1. The number of piperidine rings is 1. The van der Waals surface area contributed by atoms with Crippen LogP contribution in [0.3, 0.4) is 0 Å². The van der Waals surface area contributed by atoms with E-state index >= 15 is 0 Å². The maximum Gasteiger partial charge on any atom is 0.310 e. The number of rotatable bonds is 3. The van der Waals surface area contributed by atoms with Crippen LogP contribution in [0.4, 0.5) is 0 Å². The van der Waals surface area contributed by atoms with Crippen molar-refractivity contribution >= 4 is 17.7 Å². The summed E-state index contributed by atoms with van der Waals surface area (Å²) in [6.45, 7) is 3.74. The number of fused-ring (bicyclic) bond motifs is 1. The van der Waals surface area contributed by atoms with Crippen molar-refractivity contribution in [2.75, 3.05) is 18.8 Å². The van der Waals surface area contributed by atoms with E-state index in [9.17, 15) is 9.90 Å². The first kappa shape index (κ1) is 14.9. The molecule has 1 N–H and O–H groups in total. The number of carboxylic acids is 1. The van der Waals surface area contributed by atoms with Crippen molar-refractivity contribution in [2.45, 2.75) is 43.5 Å². The first-order valence-electron chi connectivity index (χ1n) is 7.85. The van der Waals surface area contributed by atoms with Crippen LogP contribution < -0.4 is 0 Å². The van der Waals surface area contributed by atoms with Crippen molar-refractivity contribution in [1.29, 1.82) is 0 Å². The van der Waals surface area contributed by atoms with E-state index in [1.54, 1.807) is 0 Å². The van der Waals surface area contributed by atoms with Gasteiger partial charge in [0.1, 0.15) is 0 Å². The fourth-order valence-electron chi connectivity index (χ4n) is 3.75. The molecule has 3 nitrogen and oxygen atoms in total. The van der Waals surface area contributed by atoms with Gasteiger partial charge in [-0.2, -0.15) is 0 Å². The summed E-state index contributed by atoms with van der Waals surface area (Å²) in [6, 6.07) is 9.01. The van der Waals surface area contributed by atoms with Gasteiger partial charge >= 0.3 is 5.97 Å². The van der Waals surface area contributed by atoms with Crippen molar-refractivity contribution < 1.29 is 9.90 Å². The summed E-state index contributed by atoms with van der Waals surface area (Å²) in [5.41, 5.74) is 0.851. The molecule has 0 amide bonds. The molecule has 21 heavy (non-hydrogen) atoms. The number of hydrogen-bond donors (Lipinski definition) is 1. The lowest BCUT2D eigenvalue weighted by Crippen LogP contribution is -2.49. The van der Waals surface area contributed by atoms with E-state index in [4.69, 9.17) is 0 Å². The van der Waals surface area contributed by atoms with Gasteiger partial charge in [0.15, 0.2) is 0 Å². The van der Waals surface area contributed by atoms with Crippen molar-refractivity contribution in [3.63, 3.8) is 0 Å². The van der Waals surface area contributed by atoms with E-state index < -0.39 is 11.4 Å². The Morgan fingerprint density at radius 1 is 1.48 bits per heavy atom. The molecule has 1 fully saturated rings.